The molecule has 1 saturated heterocycles. The molecule has 2 N–H and O–H groups in total. The average Bonchev–Trinajstić information content (AvgIpc) is 2.10. The van der Waals surface area contributed by atoms with E-state index < -0.39 is 0 Å². The van der Waals surface area contributed by atoms with Crippen LogP contribution in [0.2, 0.25) is 0 Å². The lowest BCUT2D eigenvalue weighted by Gasteiger charge is -2.37. The van der Waals surface area contributed by atoms with Gasteiger partial charge in [0.25, 0.3) is 0 Å². The second-order valence-corrected chi connectivity index (χ2v) is 4.02. The molecular formula is C11H20N2O2. The molecule has 0 bridgehead atoms. The lowest BCUT2D eigenvalue weighted by atomic mass is 10.1. The monoisotopic (exact) mass is 212 g/mol. The molecule has 1 rings (SSSR count). The number of hydrogen-bond donors (Lipinski definition) is 1. The Labute approximate surface area is 91.1 Å². The molecular weight excluding hydrogens is 192 g/mol. The first-order chi connectivity index (χ1) is 7.13. The van der Waals surface area contributed by atoms with Gasteiger partial charge in [-0.1, -0.05) is 19.9 Å². The van der Waals surface area contributed by atoms with Crippen LogP contribution in [0.1, 0.15) is 13.8 Å². The molecule has 1 aliphatic rings. The van der Waals surface area contributed by atoms with Gasteiger partial charge in [0, 0.05) is 6.54 Å². The van der Waals surface area contributed by atoms with Crippen LogP contribution in [0.3, 0.4) is 0 Å². The normalized spacial score (nSPS) is 19.4. The van der Waals surface area contributed by atoms with Crippen molar-refractivity contribution in [3.8, 4) is 0 Å². The highest BCUT2D eigenvalue weighted by atomic mass is 16.5. The lowest BCUT2D eigenvalue weighted by Crippen LogP contribution is -2.50. The fraction of sp³-hybridized carbons (Fsp3) is 0.727. The largest absolute Gasteiger partial charge is 0.378 e. The first kappa shape index (κ1) is 12.2. The minimum absolute atomic E-state index is 0.345. The molecule has 1 heterocycles. The first-order valence-corrected chi connectivity index (χ1v) is 5.43. The van der Waals surface area contributed by atoms with E-state index in [2.05, 4.69) is 18.7 Å². The van der Waals surface area contributed by atoms with Gasteiger partial charge in [0.1, 0.15) is 0 Å². The molecule has 1 amide bonds. The Balaban J connectivity index is 2.33. The number of ether oxygens (including phenoxy) is 1. The summed E-state index contributed by atoms with van der Waals surface area (Å²) in [4.78, 5) is 12.9. The van der Waals surface area contributed by atoms with E-state index in [0.717, 1.165) is 26.3 Å². The SMILES string of the molecule is CCN(CC(C)C=CC(N)=O)C1COC1. The van der Waals surface area contributed by atoms with E-state index in [4.69, 9.17) is 10.5 Å². The number of rotatable bonds is 6. The molecule has 0 saturated carbocycles. The second-order valence-electron chi connectivity index (χ2n) is 4.02. The molecule has 15 heavy (non-hydrogen) atoms. The van der Waals surface area contributed by atoms with Crippen LogP contribution in [0.4, 0.5) is 0 Å². The van der Waals surface area contributed by atoms with Gasteiger partial charge < -0.3 is 10.5 Å². The molecule has 86 valence electrons. The lowest BCUT2D eigenvalue weighted by molar-refractivity contribution is -0.113. The van der Waals surface area contributed by atoms with Crippen LogP contribution in [-0.4, -0.2) is 43.2 Å². The molecule has 0 aromatic heterocycles. The van der Waals surface area contributed by atoms with Crippen LogP contribution in [0, 0.1) is 5.92 Å². The molecule has 0 aromatic carbocycles. The maximum absolute atomic E-state index is 10.6. The maximum atomic E-state index is 10.6. The van der Waals surface area contributed by atoms with E-state index in [1.165, 1.54) is 6.08 Å². The fourth-order valence-corrected chi connectivity index (χ4v) is 1.66. The number of amides is 1. The standard InChI is InChI=1S/C11H20N2O2/c1-3-13(10-7-15-8-10)6-9(2)4-5-11(12)14/h4-5,9-10H,3,6-8H2,1-2H3,(H2,12,14). The maximum Gasteiger partial charge on any atom is 0.241 e. The summed E-state index contributed by atoms with van der Waals surface area (Å²) in [5.74, 6) is -0.0325. The quantitative estimate of drug-likeness (QED) is 0.648. The van der Waals surface area contributed by atoms with Crippen molar-refractivity contribution in [2.75, 3.05) is 26.3 Å². The van der Waals surface area contributed by atoms with Crippen LogP contribution in [0.15, 0.2) is 12.2 Å². The Morgan fingerprint density at radius 1 is 1.67 bits per heavy atom. The van der Waals surface area contributed by atoms with Crippen molar-refractivity contribution in [2.24, 2.45) is 11.7 Å². The highest BCUT2D eigenvalue weighted by Gasteiger charge is 2.25. The van der Waals surface area contributed by atoms with Gasteiger partial charge in [-0.15, -0.1) is 0 Å². The Hall–Kier alpha value is -0.870. The van der Waals surface area contributed by atoms with E-state index in [-0.39, 0.29) is 5.91 Å². The fourth-order valence-electron chi connectivity index (χ4n) is 1.66. The highest BCUT2D eigenvalue weighted by Crippen LogP contribution is 2.12. The molecule has 1 fully saturated rings. The summed E-state index contributed by atoms with van der Waals surface area (Å²) in [5, 5.41) is 0. The molecule has 4 nitrogen and oxygen atoms in total. The summed E-state index contributed by atoms with van der Waals surface area (Å²) >= 11 is 0. The minimum atomic E-state index is -0.378. The van der Waals surface area contributed by atoms with Crippen LogP contribution < -0.4 is 5.73 Å². The number of primary amides is 1. The van der Waals surface area contributed by atoms with Gasteiger partial charge in [-0.25, -0.2) is 0 Å². The third-order valence-electron chi connectivity index (χ3n) is 2.65. The van der Waals surface area contributed by atoms with Crippen LogP contribution in [0.25, 0.3) is 0 Å². The van der Waals surface area contributed by atoms with Crippen LogP contribution in [-0.2, 0) is 9.53 Å². The van der Waals surface area contributed by atoms with Gasteiger partial charge in [0.05, 0.1) is 19.3 Å². The minimum Gasteiger partial charge on any atom is -0.378 e. The van der Waals surface area contributed by atoms with Crippen molar-refractivity contribution in [1.29, 1.82) is 0 Å². The van der Waals surface area contributed by atoms with Crippen molar-refractivity contribution in [2.45, 2.75) is 19.9 Å². The third kappa shape index (κ3) is 4.01. The van der Waals surface area contributed by atoms with Crippen molar-refractivity contribution in [3.63, 3.8) is 0 Å². The Bertz CT molecular complexity index is 237. The molecule has 0 radical (unpaired) electrons. The van der Waals surface area contributed by atoms with Gasteiger partial charge in [0.2, 0.25) is 5.91 Å². The molecule has 1 unspecified atom stereocenters. The van der Waals surface area contributed by atoms with Crippen LogP contribution >= 0.6 is 0 Å². The Morgan fingerprint density at radius 2 is 2.33 bits per heavy atom. The zero-order valence-corrected chi connectivity index (χ0v) is 9.48. The smallest absolute Gasteiger partial charge is 0.241 e. The average molecular weight is 212 g/mol. The zero-order chi connectivity index (χ0) is 11.3. The summed E-state index contributed by atoms with van der Waals surface area (Å²) in [5.41, 5.74) is 5.04. The van der Waals surface area contributed by atoms with Crippen molar-refractivity contribution < 1.29 is 9.53 Å². The highest BCUT2D eigenvalue weighted by molar-refractivity contribution is 5.85. The predicted octanol–water partition coefficient (Wildman–Crippen LogP) is 0.385. The number of likely N-dealkylation sites (N-methyl/N-ethyl adjacent to an activating group) is 1. The molecule has 0 aliphatic carbocycles. The van der Waals surface area contributed by atoms with Crippen molar-refractivity contribution in [3.05, 3.63) is 12.2 Å². The number of nitrogens with two attached hydrogens (primary N) is 1. The molecule has 1 atom stereocenters. The van der Waals surface area contributed by atoms with E-state index in [1.807, 2.05) is 6.08 Å². The van der Waals surface area contributed by atoms with Crippen molar-refractivity contribution in [1.82, 2.24) is 4.90 Å². The second kappa shape index (κ2) is 5.88. The third-order valence-corrected chi connectivity index (χ3v) is 2.65. The van der Waals surface area contributed by atoms with Gasteiger partial charge in [-0.3, -0.25) is 9.69 Å². The van der Waals surface area contributed by atoms with E-state index in [0.29, 0.717) is 12.0 Å². The van der Waals surface area contributed by atoms with E-state index in [9.17, 15) is 4.79 Å². The summed E-state index contributed by atoms with van der Waals surface area (Å²) in [6, 6.07) is 0.555. The van der Waals surface area contributed by atoms with Gasteiger partial charge in [0.15, 0.2) is 0 Å². The zero-order valence-electron chi connectivity index (χ0n) is 9.48. The summed E-state index contributed by atoms with van der Waals surface area (Å²) in [6.45, 7) is 7.86. The molecule has 0 spiro atoms. The topological polar surface area (TPSA) is 55.6 Å². The molecule has 4 heteroatoms. The van der Waals surface area contributed by atoms with Gasteiger partial charge in [-0.05, 0) is 18.5 Å². The summed E-state index contributed by atoms with van der Waals surface area (Å²) < 4.78 is 5.16. The number of hydrogen-bond acceptors (Lipinski definition) is 3. The van der Waals surface area contributed by atoms with E-state index >= 15 is 0 Å². The molecule has 1 aliphatic heterocycles. The number of carbonyl (C=O) groups is 1. The van der Waals surface area contributed by atoms with Gasteiger partial charge in [-0.2, -0.15) is 0 Å². The van der Waals surface area contributed by atoms with Gasteiger partial charge >= 0.3 is 0 Å². The van der Waals surface area contributed by atoms with Crippen molar-refractivity contribution >= 4 is 5.91 Å². The van der Waals surface area contributed by atoms with Crippen LogP contribution in [0.5, 0.6) is 0 Å². The van der Waals surface area contributed by atoms with E-state index in [1.54, 1.807) is 0 Å². The predicted molar refractivity (Wildman–Crippen MR) is 59.4 cm³/mol. The summed E-state index contributed by atoms with van der Waals surface area (Å²) in [6.07, 6.45) is 3.31. The number of carbonyl (C=O) groups excluding carboxylic acids is 1. The number of nitrogens with zero attached hydrogens (tertiary/aromatic N) is 1. The first-order valence-electron chi connectivity index (χ1n) is 5.43. The Morgan fingerprint density at radius 3 is 2.73 bits per heavy atom. The summed E-state index contributed by atoms with van der Waals surface area (Å²) in [7, 11) is 0. The Kier molecular flexibility index (Phi) is 4.78. The molecule has 0 aromatic rings.